The second-order valence-electron chi connectivity index (χ2n) is 4.65. The summed E-state index contributed by atoms with van der Waals surface area (Å²) in [5.74, 6) is 0. The first kappa shape index (κ1) is 12.8. The zero-order valence-electron chi connectivity index (χ0n) is 11.5. The van der Waals surface area contributed by atoms with E-state index in [4.69, 9.17) is 0 Å². The third-order valence-corrected chi connectivity index (χ3v) is 3.15. The van der Waals surface area contributed by atoms with Gasteiger partial charge in [0.25, 0.3) is 0 Å². The Balaban J connectivity index is 1.98. The van der Waals surface area contributed by atoms with E-state index in [0.29, 0.717) is 6.04 Å². The normalized spacial score (nSPS) is 12.9. The Morgan fingerprint density at radius 3 is 2.72 bits per heavy atom. The molecule has 0 fully saturated rings. The summed E-state index contributed by atoms with van der Waals surface area (Å²) in [6.45, 7) is 8.07. The Bertz CT molecular complexity index is 511. The number of nitrogens with one attached hydrogen (secondary N) is 1. The highest BCUT2D eigenvalue weighted by Crippen LogP contribution is 2.16. The van der Waals surface area contributed by atoms with Gasteiger partial charge in [0.2, 0.25) is 0 Å². The lowest BCUT2D eigenvalue weighted by Crippen LogP contribution is -2.18. The predicted molar refractivity (Wildman–Crippen MR) is 71.1 cm³/mol. The molecule has 0 aromatic carbocycles. The molecule has 18 heavy (non-hydrogen) atoms. The van der Waals surface area contributed by atoms with Crippen molar-refractivity contribution in [3.8, 4) is 0 Å². The van der Waals surface area contributed by atoms with Crippen molar-refractivity contribution >= 4 is 0 Å². The number of hydrogen-bond acceptors (Lipinski definition) is 3. The van der Waals surface area contributed by atoms with Gasteiger partial charge in [-0.3, -0.25) is 9.36 Å². The minimum Gasteiger partial charge on any atom is -0.306 e. The Hall–Kier alpha value is -1.62. The number of nitrogens with zero attached hydrogens (tertiary/aromatic N) is 4. The van der Waals surface area contributed by atoms with Gasteiger partial charge in [-0.2, -0.15) is 10.2 Å². The Morgan fingerprint density at radius 2 is 2.17 bits per heavy atom. The summed E-state index contributed by atoms with van der Waals surface area (Å²) in [5, 5.41) is 12.1. The Kier molecular flexibility index (Phi) is 3.81. The van der Waals surface area contributed by atoms with Gasteiger partial charge in [0, 0.05) is 49.7 Å². The van der Waals surface area contributed by atoms with Crippen LogP contribution in [-0.2, 0) is 20.1 Å². The van der Waals surface area contributed by atoms with Crippen molar-refractivity contribution in [2.45, 2.75) is 39.9 Å². The van der Waals surface area contributed by atoms with E-state index in [0.717, 1.165) is 18.8 Å². The fourth-order valence-electron chi connectivity index (χ4n) is 2.06. The van der Waals surface area contributed by atoms with E-state index in [1.54, 1.807) is 0 Å². The van der Waals surface area contributed by atoms with Gasteiger partial charge in [0.05, 0.1) is 11.9 Å². The summed E-state index contributed by atoms with van der Waals surface area (Å²) in [5.41, 5.74) is 3.56. The molecule has 1 atom stereocenters. The van der Waals surface area contributed by atoms with Crippen LogP contribution in [0.25, 0.3) is 0 Å². The molecule has 1 N–H and O–H groups in total. The highest BCUT2D eigenvalue weighted by molar-refractivity contribution is 5.19. The number of aryl methyl sites for hydroxylation is 3. The molecule has 2 aromatic heterocycles. The molecule has 0 aliphatic carbocycles. The average Bonchev–Trinajstić information content (AvgIpc) is 2.92. The van der Waals surface area contributed by atoms with E-state index < -0.39 is 0 Å². The first-order valence-corrected chi connectivity index (χ1v) is 6.35. The summed E-state index contributed by atoms with van der Waals surface area (Å²) >= 11 is 0. The number of rotatable bonds is 5. The lowest BCUT2D eigenvalue weighted by molar-refractivity contribution is 0.571. The number of hydrogen-bond donors (Lipinski definition) is 1. The van der Waals surface area contributed by atoms with Gasteiger partial charge in [-0.15, -0.1) is 0 Å². The lowest BCUT2D eigenvalue weighted by Gasteiger charge is -2.12. The molecular weight excluding hydrogens is 226 g/mol. The maximum Gasteiger partial charge on any atom is 0.0641 e. The molecule has 0 bridgehead atoms. The molecule has 0 saturated heterocycles. The van der Waals surface area contributed by atoms with Crippen LogP contribution in [0.3, 0.4) is 0 Å². The molecule has 0 amide bonds. The first-order chi connectivity index (χ1) is 8.60. The second kappa shape index (κ2) is 5.35. The van der Waals surface area contributed by atoms with Gasteiger partial charge in [0.15, 0.2) is 0 Å². The van der Waals surface area contributed by atoms with E-state index in [1.807, 2.05) is 28.8 Å². The summed E-state index contributed by atoms with van der Waals surface area (Å²) in [4.78, 5) is 0. The summed E-state index contributed by atoms with van der Waals surface area (Å²) in [6.07, 6.45) is 6.04. The topological polar surface area (TPSA) is 47.7 Å². The molecule has 5 nitrogen and oxygen atoms in total. The largest absolute Gasteiger partial charge is 0.306 e. The fourth-order valence-corrected chi connectivity index (χ4v) is 2.06. The highest BCUT2D eigenvalue weighted by atomic mass is 15.3. The van der Waals surface area contributed by atoms with E-state index in [2.05, 4.69) is 42.5 Å². The SMILES string of the molecule is CCn1cc(C(C)NCc2cnn(C)c2)c(C)n1. The molecule has 0 aliphatic rings. The van der Waals surface area contributed by atoms with Gasteiger partial charge < -0.3 is 5.32 Å². The summed E-state index contributed by atoms with van der Waals surface area (Å²) in [6, 6.07) is 0.297. The van der Waals surface area contributed by atoms with Crippen LogP contribution in [0.1, 0.15) is 36.7 Å². The quantitative estimate of drug-likeness (QED) is 0.876. The fraction of sp³-hybridized carbons (Fsp3) is 0.538. The van der Waals surface area contributed by atoms with E-state index in [-0.39, 0.29) is 0 Å². The van der Waals surface area contributed by atoms with Crippen LogP contribution >= 0.6 is 0 Å². The second-order valence-corrected chi connectivity index (χ2v) is 4.65. The third kappa shape index (κ3) is 2.79. The maximum absolute atomic E-state index is 4.47. The molecule has 5 heteroatoms. The lowest BCUT2D eigenvalue weighted by atomic mass is 10.1. The van der Waals surface area contributed by atoms with Crippen LogP contribution in [0.15, 0.2) is 18.6 Å². The molecule has 0 radical (unpaired) electrons. The van der Waals surface area contributed by atoms with Crippen molar-refractivity contribution in [1.29, 1.82) is 0 Å². The molecule has 2 aromatic rings. The summed E-state index contributed by atoms with van der Waals surface area (Å²) in [7, 11) is 1.93. The van der Waals surface area contributed by atoms with Crippen LogP contribution in [0.5, 0.6) is 0 Å². The molecule has 0 spiro atoms. The standard InChI is InChI=1S/C13H21N5/c1-5-18-9-13(11(3)16-18)10(2)14-6-12-7-15-17(4)8-12/h7-10,14H,5-6H2,1-4H3. The van der Waals surface area contributed by atoms with Crippen molar-refractivity contribution in [2.24, 2.45) is 7.05 Å². The van der Waals surface area contributed by atoms with Crippen LogP contribution in [-0.4, -0.2) is 19.6 Å². The maximum atomic E-state index is 4.47. The molecule has 2 heterocycles. The molecular formula is C13H21N5. The molecule has 0 aliphatic heterocycles. The molecule has 98 valence electrons. The minimum atomic E-state index is 0.297. The monoisotopic (exact) mass is 247 g/mol. The zero-order valence-corrected chi connectivity index (χ0v) is 11.5. The average molecular weight is 247 g/mol. The van der Waals surface area contributed by atoms with Crippen LogP contribution < -0.4 is 5.32 Å². The van der Waals surface area contributed by atoms with Crippen molar-refractivity contribution in [2.75, 3.05) is 0 Å². The van der Waals surface area contributed by atoms with E-state index in [1.165, 1.54) is 11.1 Å². The van der Waals surface area contributed by atoms with Crippen LogP contribution in [0.4, 0.5) is 0 Å². The zero-order chi connectivity index (χ0) is 13.1. The summed E-state index contributed by atoms with van der Waals surface area (Å²) < 4.78 is 3.80. The van der Waals surface area contributed by atoms with E-state index in [9.17, 15) is 0 Å². The predicted octanol–water partition coefficient (Wildman–Crippen LogP) is 1.80. The van der Waals surface area contributed by atoms with Gasteiger partial charge in [-0.25, -0.2) is 0 Å². The molecule has 1 unspecified atom stereocenters. The first-order valence-electron chi connectivity index (χ1n) is 6.35. The minimum absolute atomic E-state index is 0.297. The molecule has 2 rings (SSSR count). The van der Waals surface area contributed by atoms with E-state index >= 15 is 0 Å². The smallest absolute Gasteiger partial charge is 0.0641 e. The number of aromatic nitrogens is 4. The van der Waals surface area contributed by atoms with Gasteiger partial charge in [-0.1, -0.05) is 0 Å². The Morgan fingerprint density at radius 1 is 1.39 bits per heavy atom. The van der Waals surface area contributed by atoms with Gasteiger partial charge in [0.1, 0.15) is 0 Å². The Labute approximate surface area is 108 Å². The van der Waals surface area contributed by atoms with Gasteiger partial charge in [-0.05, 0) is 20.8 Å². The highest BCUT2D eigenvalue weighted by Gasteiger charge is 2.11. The van der Waals surface area contributed by atoms with Crippen LogP contribution in [0.2, 0.25) is 0 Å². The van der Waals surface area contributed by atoms with Crippen LogP contribution in [0, 0.1) is 6.92 Å². The van der Waals surface area contributed by atoms with Crippen molar-refractivity contribution in [3.05, 3.63) is 35.4 Å². The van der Waals surface area contributed by atoms with Gasteiger partial charge >= 0.3 is 0 Å². The third-order valence-electron chi connectivity index (χ3n) is 3.15. The van der Waals surface area contributed by atoms with Crippen molar-refractivity contribution in [1.82, 2.24) is 24.9 Å². The van der Waals surface area contributed by atoms with Crippen molar-refractivity contribution in [3.63, 3.8) is 0 Å². The molecule has 0 saturated carbocycles. The van der Waals surface area contributed by atoms with Crippen molar-refractivity contribution < 1.29 is 0 Å².